The maximum absolute atomic E-state index is 7.25. The molecule has 0 unspecified atom stereocenters. The molecule has 0 radical (unpaired) electrons. The van der Waals surface area contributed by atoms with Crippen LogP contribution >= 0.6 is 37.7 Å². The van der Waals surface area contributed by atoms with Gasteiger partial charge >= 0.3 is 49.6 Å². The average Bonchev–Trinajstić information content (AvgIpc) is 2.07. The van der Waals surface area contributed by atoms with Crippen molar-refractivity contribution in [2.45, 2.75) is 25.9 Å². The number of hydrogen-bond acceptors (Lipinski definition) is 0. The van der Waals surface area contributed by atoms with E-state index >= 15 is 0 Å². The van der Waals surface area contributed by atoms with Gasteiger partial charge < -0.3 is 11.5 Å². The molecule has 0 rings (SSSR count). The van der Waals surface area contributed by atoms with Gasteiger partial charge in [0.2, 0.25) is 0 Å². The molecule has 0 atom stereocenters. The summed E-state index contributed by atoms with van der Waals surface area (Å²) in [6.45, 7) is 4.25. The first kappa shape index (κ1) is 18.4. The van der Waals surface area contributed by atoms with Crippen molar-refractivity contribution >= 4 is 45.7 Å². The van der Waals surface area contributed by atoms with Crippen molar-refractivity contribution < 1.29 is 11.9 Å². The first-order valence-corrected chi connectivity index (χ1v) is 18.1. The molecule has 0 aromatic heterocycles. The van der Waals surface area contributed by atoms with Crippen LogP contribution in [-0.2, 0) is 11.9 Å². The van der Waals surface area contributed by atoms with E-state index in [0.717, 1.165) is 12.1 Å². The van der Waals surface area contributed by atoms with E-state index in [2.05, 4.69) is 13.8 Å². The van der Waals surface area contributed by atoms with Gasteiger partial charge in [-0.2, -0.15) is 12.3 Å². The Kier molecular flexibility index (Phi) is 11.9. The van der Waals surface area contributed by atoms with Crippen LogP contribution in [0.5, 0.6) is 0 Å². The van der Waals surface area contributed by atoms with Gasteiger partial charge in [-0.3, -0.25) is 0 Å². The normalized spacial score (nSPS) is 13.1. The molecule has 0 aromatic carbocycles. The second-order valence-electron chi connectivity index (χ2n) is 2.83. The SMILES string of the molecule is CC[Si](CC)(C[NH-])C[NH-].[Cl][Pt+2]([Cl])([Cl])[Cl]. The van der Waals surface area contributed by atoms with Crippen molar-refractivity contribution in [3.8, 4) is 0 Å². The van der Waals surface area contributed by atoms with Crippen LogP contribution in [0.3, 0.4) is 0 Å². The Morgan fingerprint density at radius 2 is 1.14 bits per heavy atom. The van der Waals surface area contributed by atoms with Crippen LogP contribution in [-0.4, -0.2) is 20.4 Å². The van der Waals surface area contributed by atoms with Crippen LogP contribution in [0.4, 0.5) is 0 Å². The number of nitrogens with one attached hydrogen (secondary N) is 2. The van der Waals surface area contributed by atoms with Gasteiger partial charge in [0, 0.05) is 8.07 Å². The van der Waals surface area contributed by atoms with Gasteiger partial charge in [-0.25, -0.2) is 0 Å². The van der Waals surface area contributed by atoms with E-state index in [1.165, 1.54) is 0 Å². The molecule has 92 valence electrons. The molecule has 0 bridgehead atoms. The zero-order valence-corrected chi connectivity index (χ0v) is 14.5. The fraction of sp³-hybridized carbons (Fsp3) is 1.00. The summed E-state index contributed by atoms with van der Waals surface area (Å²) in [5.74, 6) is 0. The van der Waals surface area contributed by atoms with Crippen LogP contribution in [0.2, 0.25) is 12.1 Å². The monoisotopic (exact) mass is 479 g/mol. The molecule has 0 aliphatic rings. The topological polar surface area (TPSA) is 47.6 Å². The Bertz CT molecular complexity index is 117. The second-order valence-corrected chi connectivity index (χ2v) is 27.6. The van der Waals surface area contributed by atoms with Crippen LogP contribution < -0.4 is 0 Å². The van der Waals surface area contributed by atoms with E-state index in [4.69, 9.17) is 49.1 Å². The third kappa shape index (κ3) is 12.1. The zero-order chi connectivity index (χ0) is 11.8. The van der Waals surface area contributed by atoms with E-state index in [-0.39, 0.29) is 0 Å². The molecule has 14 heavy (non-hydrogen) atoms. The van der Waals surface area contributed by atoms with Crippen molar-refractivity contribution in [3.05, 3.63) is 11.5 Å². The van der Waals surface area contributed by atoms with Gasteiger partial charge in [-0.05, 0) is 0 Å². The molecule has 0 aliphatic heterocycles. The molecule has 0 fully saturated rings. The summed E-state index contributed by atoms with van der Waals surface area (Å²) in [6, 6.07) is 2.22. The summed E-state index contributed by atoms with van der Waals surface area (Å²) in [5.41, 5.74) is 14.5. The van der Waals surface area contributed by atoms with Gasteiger partial charge in [0.05, 0.1) is 0 Å². The Morgan fingerprint density at radius 1 is 0.929 bits per heavy atom. The predicted molar refractivity (Wildman–Crippen MR) is 68.5 cm³/mol. The molecule has 0 heterocycles. The summed E-state index contributed by atoms with van der Waals surface area (Å²) >= 11 is -3.06. The average molecular weight is 481 g/mol. The number of rotatable bonds is 4. The van der Waals surface area contributed by atoms with Crippen molar-refractivity contribution in [2.75, 3.05) is 12.3 Å². The minimum atomic E-state index is -3.06. The fourth-order valence-electron chi connectivity index (χ4n) is 0.812. The second kappa shape index (κ2) is 9.06. The van der Waals surface area contributed by atoms with Gasteiger partial charge in [0.15, 0.2) is 0 Å². The number of hydrogen-bond donors (Lipinski definition) is 0. The van der Waals surface area contributed by atoms with Crippen molar-refractivity contribution in [3.63, 3.8) is 0 Å². The Hall–Kier alpha value is 1.99. The third-order valence-corrected chi connectivity index (χ3v) is 6.75. The summed E-state index contributed by atoms with van der Waals surface area (Å²) < 4.78 is 0. The van der Waals surface area contributed by atoms with Crippen LogP contribution in [0.15, 0.2) is 0 Å². The molecule has 0 saturated carbocycles. The van der Waals surface area contributed by atoms with Crippen molar-refractivity contribution in [1.82, 2.24) is 0 Å². The van der Waals surface area contributed by atoms with E-state index in [9.17, 15) is 0 Å². The summed E-state index contributed by atoms with van der Waals surface area (Å²) in [6.07, 6.45) is 1.09. The van der Waals surface area contributed by atoms with Crippen molar-refractivity contribution in [2.24, 2.45) is 0 Å². The summed E-state index contributed by atoms with van der Waals surface area (Å²) in [7, 11) is 18.7. The molecule has 2 N–H and O–H groups in total. The Morgan fingerprint density at radius 3 is 1.14 bits per heavy atom. The molecule has 0 spiro atoms. The molecular weight excluding hydrogens is 465 g/mol. The quantitative estimate of drug-likeness (QED) is 0.483. The molecular formula is C6H16Cl4N2PtSi. The van der Waals surface area contributed by atoms with Gasteiger partial charge in [-0.15, -0.1) is 0 Å². The van der Waals surface area contributed by atoms with E-state index in [1.807, 2.05) is 0 Å². The standard InChI is InChI=1S/C6H16N2Si.4ClH.Pt/c1-3-9(4-2,5-7)6-8;;;;;/h7-8H,3-6H2,1-2H3;4*1H;/q-2;;;;;+6/p-4. The first-order valence-electron chi connectivity index (χ1n) is 4.01. The van der Waals surface area contributed by atoms with Crippen LogP contribution in [0.25, 0.3) is 11.5 Å². The molecule has 0 saturated heterocycles. The van der Waals surface area contributed by atoms with Gasteiger partial charge in [-0.1, -0.05) is 25.9 Å². The van der Waals surface area contributed by atoms with Gasteiger partial charge in [0.1, 0.15) is 0 Å². The van der Waals surface area contributed by atoms with Crippen LogP contribution in [0.1, 0.15) is 13.8 Å². The van der Waals surface area contributed by atoms with Crippen molar-refractivity contribution in [1.29, 1.82) is 0 Å². The fourth-order valence-corrected chi connectivity index (χ4v) is 2.44. The maximum atomic E-state index is 7.25. The Labute approximate surface area is 107 Å². The van der Waals surface area contributed by atoms with E-state index in [1.54, 1.807) is 0 Å². The number of halogens is 4. The van der Waals surface area contributed by atoms with Gasteiger partial charge in [0.25, 0.3) is 0 Å². The van der Waals surface area contributed by atoms with E-state index in [0.29, 0.717) is 12.3 Å². The summed E-state index contributed by atoms with van der Waals surface area (Å²) in [4.78, 5) is 0. The molecule has 2 nitrogen and oxygen atoms in total. The molecule has 0 aromatic rings. The van der Waals surface area contributed by atoms with Crippen LogP contribution in [0, 0.1) is 0 Å². The predicted octanol–water partition coefficient (Wildman–Crippen LogP) is 5.41. The molecule has 8 heteroatoms. The molecule has 0 aliphatic carbocycles. The summed E-state index contributed by atoms with van der Waals surface area (Å²) in [5, 5.41) is 0. The molecule has 0 amide bonds. The zero-order valence-electron chi connectivity index (χ0n) is 8.16. The van der Waals surface area contributed by atoms with E-state index < -0.39 is 20.0 Å². The Balaban J connectivity index is 0. The third-order valence-electron chi connectivity index (χ3n) is 2.25. The first-order chi connectivity index (χ1) is 6.24. The minimum absolute atomic E-state index is 0.545.